The third-order valence-corrected chi connectivity index (χ3v) is 4.90. The molecule has 0 bridgehead atoms. The second kappa shape index (κ2) is 10.3. The van der Waals surface area contributed by atoms with Gasteiger partial charge in [0.05, 0.1) is 36.1 Å². The Kier molecular flexibility index (Phi) is 7.01. The smallest absolute Gasteiger partial charge is 0.273 e. The van der Waals surface area contributed by atoms with Crippen molar-refractivity contribution in [2.75, 3.05) is 12.4 Å². The molecule has 0 saturated heterocycles. The van der Waals surface area contributed by atoms with E-state index in [-0.39, 0.29) is 34.9 Å². The van der Waals surface area contributed by atoms with Gasteiger partial charge in [0.2, 0.25) is 5.95 Å². The van der Waals surface area contributed by atoms with E-state index in [2.05, 4.69) is 35.5 Å². The summed E-state index contributed by atoms with van der Waals surface area (Å²) in [6, 6.07) is 15.0. The van der Waals surface area contributed by atoms with Crippen LogP contribution < -0.4 is 10.1 Å². The largest absolute Gasteiger partial charge is 0.497 e. The van der Waals surface area contributed by atoms with Crippen molar-refractivity contribution in [3.8, 4) is 17.1 Å². The molecule has 1 N–H and O–H groups in total. The highest BCUT2D eigenvalue weighted by Gasteiger charge is 2.16. The summed E-state index contributed by atoms with van der Waals surface area (Å²) in [5.41, 5.74) is 1.51. The number of hydrogen-bond acceptors (Lipinski definition) is 8. The fourth-order valence-corrected chi connectivity index (χ4v) is 3.14. The van der Waals surface area contributed by atoms with E-state index in [1.807, 2.05) is 24.3 Å². The monoisotopic (exact) mass is 483 g/mol. The number of anilines is 2. The van der Waals surface area contributed by atoms with Crippen molar-refractivity contribution >= 4 is 40.8 Å². The molecule has 0 radical (unpaired) electrons. The number of nitrogens with one attached hydrogen (secondary N) is 1. The number of ether oxygens (including phenoxy) is 1. The van der Waals surface area contributed by atoms with Crippen LogP contribution in [0.3, 0.4) is 0 Å². The lowest BCUT2D eigenvalue weighted by atomic mass is 10.2. The van der Waals surface area contributed by atoms with Crippen LogP contribution in [0.2, 0.25) is 10.2 Å². The predicted octanol–water partition coefficient (Wildman–Crippen LogP) is 6.42. The van der Waals surface area contributed by atoms with Crippen LogP contribution in [0.4, 0.5) is 22.0 Å². The van der Waals surface area contributed by atoms with Crippen LogP contribution in [0.5, 0.6) is 5.75 Å². The molecule has 0 aliphatic rings. The number of pyridine rings is 1. The third-order valence-electron chi connectivity index (χ3n) is 4.37. The molecule has 11 heteroatoms. The van der Waals surface area contributed by atoms with Gasteiger partial charge in [0.25, 0.3) is 5.95 Å². The summed E-state index contributed by atoms with van der Waals surface area (Å²) in [7, 11) is 1.60. The van der Waals surface area contributed by atoms with Gasteiger partial charge in [-0.3, -0.25) is 0 Å². The average molecular weight is 484 g/mol. The van der Waals surface area contributed by atoms with Crippen molar-refractivity contribution in [1.29, 1.82) is 0 Å². The number of azo groups is 1. The molecule has 0 unspecified atom stereocenters. The third kappa shape index (κ3) is 5.76. The minimum absolute atomic E-state index is 0.0101. The van der Waals surface area contributed by atoms with Crippen LogP contribution in [0.1, 0.15) is 5.56 Å². The molecule has 0 atom stereocenters. The van der Waals surface area contributed by atoms with Gasteiger partial charge < -0.3 is 10.1 Å². The van der Waals surface area contributed by atoms with Crippen molar-refractivity contribution < 1.29 is 9.13 Å². The SMILES string of the molecule is COc1ccc(CN=Nc2nc(Nc3ccc(Cl)nc3)nc(-c3c(F)cccc3Cl)n2)cc1. The maximum absolute atomic E-state index is 14.5. The lowest BCUT2D eigenvalue weighted by molar-refractivity contribution is 0.414. The first-order chi connectivity index (χ1) is 16.0. The first kappa shape index (κ1) is 22.5. The Labute approximate surface area is 198 Å². The Morgan fingerprint density at radius 3 is 2.52 bits per heavy atom. The maximum atomic E-state index is 14.5. The van der Waals surface area contributed by atoms with Gasteiger partial charge in [-0.25, -0.2) is 9.37 Å². The summed E-state index contributed by atoms with van der Waals surface area (Å²) in [6.45, 7) is 0.287. The minimum atomic E-state index is -0.575. The van der Waals surface area contributed by atoms with Gasteiger partial charge in [-0.05, 0) is 42.0 Å². The zero-order chi connectivity index (χ0) is 23.2. The summed E-state index contributed by atoms with van der Waals surface area (Å²) in [4.78, 5) is 16.8. The summed E-state index contributed by atoms with van der Waals surface area (Å²) in [5.74, 6) is 0.274. The van der Waals surface area contributed by atoms with Crippen molar-refractivity contribution in [3.63, 3.8) is 0 Å². The van der Waals surface area contributed by atoms with Crippen molar-refractivity contribution in [1.82, 2.24) is 19.9 Å². The number of benzene rings is 2. The van der Waals surface area contributed by atoms with Crippen LogP contribution in [0.15, 0.2) is 71.0 Å². The van der Waals surface area contributed by atoms with E-state index in [1.54, 1.807) is 25.3 Å². The van der Waals surface area contributed by atoms with Gasteiger partial charge in [-0.2, -0.15) is 20.1 Å². The number of rotatable bonds is 7. The van der Waals surface area contributed by atoms with Crippen molar-refractivity contribution in [2.45, 2.75) is 6.54 Å². The second-order valence-electron chi connectivity index (χ2n) is 6.62. The van der Waals surface area contributed by atoms with Crippen LogP contribution in [0.25, 0.3) is 11.4 Å². The predicted molar refractivity (Wildman–Crippen MR) is 124 cm³/mol. The second-order valence-corrected chi connectivity index (χ2v) is 7.42. The van der Waals surface area contributed by atoms with E-state index in [0.29, 0.717) is 10.8 Å². The maximum Gasteiger partial charge on any atom is 0.273 e. The highest BCUT2D eigenvalue weighted by molar-refractivity contribution is 6.33. The molecular weight excluding hydrogens is 468 g/mol. The zero-order valence-corrected chi connectivity index (χ0v) is 18.7. The molecule has 0 aliphatic heterocycles. The quantitative estimate of drug-likeness (QED) is 0.240. The van der Waals surface area contributed by atoms with Crippen LogP contribution in [-0.4, -0.2) is 27.0 Å². The molecule has 0 fully saturated rings. The molecule has 33 heavy (non-hydrogen) atoms. The van der Waals surface area contributed by atoms with E-state index >= 15 is 0 Å². The zero-order valence-electron chi connectivity index (χ0n) is 17.2. The molecule has 0 spiro atoms. The molecule has 2 heterocycles. The Balaban J connectivity index is 1.66. The standard InChI is InChI=1S/C22H16Cl2FN7O/c1-33-15-8-5-13(6-9-15)11-27-32-22-30-20(19-16(23)3-2-4-17(19)25)29-21(31-22)28-14-7-10-18(24)26-12-14/h2-10,12H,11H2,1H3,(H,28,29,30,31). The molecule has 4 aromatic rings. The first-order valence-corrected chi connectivity index (χ1v) is 10.4. The minimum Gasteiger partial charge on any atom is -0.497 e. The van der Waals surface area contributed by atoms with Gasteiger partial charge in [-0.15, -0.1) is 5.11 Å². The van der Waals surface area contributed by atoms with Crippen molar-refractivity contribution in [3.05, 3.63) is 82.4 Å². The number of aromatic nitrogens is 4. The van der Waals surface area contributed by atoms with Crippen LogP contribution in [0, 0.1) is 5.82 Å². The fourth-order valence-electron chi connectivity index (χ4n) is 2.78. The van der Waals surface area contributed by atoms with E-state index in [0.717, 1.165) is 11.3 Å². The van der Waals surface area contributed by atoms with Crippen molar-refractivity contribution in [2.24, 2.45) is 10.2 Å². The van der Waals surface area contributed by atoms with Crippen LogP contribution in [-0.2, 0) is 6.54 Å². The number of nitrogens with zero attached hydrogens (tertiary/aromatic N) is 6. The summed E-state index contributed by atoms with van der Waals surface area (Å²) in [5, 5.41) is 11.7. The molecule has 2 aromatic heterocycles. The highest BCUT2D eigenvalue weighted by atomic mass is 35.5. The molecular formula is C22H16Cl2FN7O. The Hall–Kier alpha value is -3.69. The summed E-state index contributed by atoms with van der Waals surface area (Å²) >= 11 is 12.0. The molecule has 0 saturated carbocycles. The van der Waals surface area contributed by atoms with Gasteiger partial charge in [0.15, 0.2) is 5.82 Å². The van der Waals surface area contributed by atoms with Gasteiger partial charge in [0, 0.05) is 0 Å². The number of halogens is 3. The Bertz CT molecular complexity index is 1260. The number of hydrogen-bond donors (Lipinski definition) is 1. The first-order valence-electron chi connectivity index (χ1n) is 9.61. The molecule has 2 aromatic carbocycles. The van der Waals surface area contributed by atoms with E-state index in [4.69, 9.17) is 27.9 Å². The lowest BCUT2D eigenvalue weighted by Gasteiger charge is -2.09. The molecule has 0 aliphatic carbocycles. The fraction of sp³-hybridized carbons (Fsp3) is 0.0909. The Morgan fingerprint density at radius 1 is 1.00 bits per heavy atom. The van der Waals surface area contributed by atoms with Crippen LogP contribution >= 0.6 is 23.2 Å². The molecule has 166 valence electrons. The highest BCUT2D eigenvalue weighted by Crippen LogP contribution is 2.30. The Morgan fingerprint density at radius 2 is 1.82 bits per heavy atom. The summed E-state index contributed by atoms with van der Waals surface area (Å²) in [6.07, 6.45) is 1.51. The van der Waals surface area contributed by atoms with E-state index in [1.165, 1.54) is 18.3 Å². The lowest BCUT2D eigenvalue weighted by Crippen LogP contribution is -2.02. The van der Waals surface area contributed by atoms with Gasteiger partial charge in [0.1, 0.15) is 16.7 Å². The van der Waals surface area contributed by atoms with E-state index in [9.17, 15) is 4.39 Å². The van der Waals surface area contributed by atoms with E-state index < -0.39 is 5.82 Å². The van der Waals surface area contributed by atoms with Gasteiger partial charge in [-0.1, -0.05) is 41.4 Å². The molecule has 0 amide bonds. The topological polar surface area (TPSA) is 97.5 Å². The summed E-state index contributed by atoms with van der Waals surface area (Å²) < 4.78 is 19.7. The molecule has 8 nitrogen and oxygen atoms in total. The number of methoxy groups -OCH3 is 1. The average Bonchev–Trinajstić information content (AvgIpc) is 2.81. The normalized spacial score (nSPS) is 11.0. The van der Waals surface area contributed by atoms with Gasteiger partial charge >= 0.3 is 0 Å². The molecule has 4 rings (SSSR count).